The number of primary amides is 1. The van der Waals surface area contributed by atoms with Crippen LogP contribution in [-0.4, -0.2) is 11.8 Å². The van der Waals surface area contributed by atoms with Crippen molar-refractivity contribution in [2.45, 2.75) is 6.42 Å². The van der Waals surface area contributed by atoms with E-state index >= 15 is 0 Å². The first-order valence-electron chi connectivity index (χ1n) is 5.24. The van der Waals surface area contributed by atoms with Crippen LogP contribution in [0.25, 0.3) is 0 Å². The van der Waals surface area contributed by atoms with Crippen LogP contribution in [0.2, 0.25) is 0 Å². The average Bonchev–Trinajstić information content (AvgIpc) is 2.29. The van der Waals surface area contributed by atoms with Crippen molar-refractivity contribution in [3.63, 3.8) is 0 Å². The number of carbonyl (C=O) groups excluding carboxylic acids is 2. The first kappa shape index (κ1) is 11.2. The number of fused-ring (bicyclic) bond motifs is 1. The predicted molar refractivity (Wildman–Crippen MR) is 63.7 cm³/mol. The molecular formula is C12H13N3O2. The highest BCUT2D eigenvalue weighted by Gasteiger charge is 2.24. The summed E-state index contributed by atoms with van der Waals surface area (Å²) in [5, 5.41) is 2.76. The number of carbonyl (C=O) groups is 2. The lowest BCUT2D eigenvalue weighted by molar-refractivity contribution is -0.118. The van der Waals surface area contributed by atoms with Gasteiger partial charge in [-0.3, -0.25) is 9.59 Å². The molecule has 2 rings (SSSR count). The topological polar surface area (TPSA) is 98.2 Å². The van der Waals surface area contributed by atoms with Crippen molar-refractivity contribution in [1.82, 2.24) is 0 Å². The van der Waals surface area contributed by atoms with Crippen LogP contribution in [-0.2, 0) is 16.0 Å². The zero-order chi connectivity index (χ0) is 12.4. The third kappa shape index (κ3) is 2.28. The zero-order valence-corrected chi connectivity index (χ0v) is 9.14. The Bertz CT molecular complexity index is 508. The monoisotopic (exact) mass is 231 g/mol. The van der Waals surface area contributed by atoms with Gasteiger partial charge in [0.15, 0.2) is 0 Å². The van der Waals surface area contributed by atoms with Gasteiger partial charge in [0.25, 0.3) is 5.91 Å². The fraction of sp³-hybridized carbons (Fsp3) is 0.167. The second-order valence-corrected chi connectivity index (χ2v) is 3.94. The Kier molecular flexibility index (Phi) is 2.82. The van der Waals surface area contributed by atoms with Crippen LogP contribution in [0, 0.1) is 5.92 Å². The lowest BCUT2D eigenvalue weighted by atomic mass is 9.92. The van der Waals surface area contributed by atoms with Crippen molar-refractivity contribution in [2.75, 3.05) is 5.32 Å². The van der Waals surface area contributed by atoms with Gasteiger partial charge in [-0.1, -0.05) is 18.2 Å². The quantitative estimate of drug-likeness (QED) is 0.631. The van der Waals surface area contributed by atoms with Crippen LogP contribution in [0.15, 0.2) is 36.0 Å². The molecule has 1 aliphatic heterocycles. The highest BCUT2D eigenvalue weighted by Crippen LogP contribution is 2.25. The molecule has 17 heavy (non-hydrogen) atoms. The Morgan fingerprint density at radius 1 is 1.35 bits per heavy atom. The summed E-state index contributed by atoms with van der Waals surface area (Å²) < 4.78 is 0. The minimum Gasteiger partial charge on any atom is -0.395 e. The van der Waals surface area contributed by atoms with E-state index in [0.29, 0.717) is 6.42 Å². The minimum absolute atomic E-state index is 0.0791. The summed E-state index contributed by atoms with van der Waals surface area (Å²) in [7, 11) is 0. The maximum atomic E-state index is 11.8. The Hall–Kier alpha value is -2.30. The minimum atomic E-state index is -0.711. The molecule has 0 aliphatic carbocycles. The molecule has 1 aliphatic rings. The summed E-state index contributed by atoms with van der Waals surface area (Å²) in [5.74, 6) is -1.33. The lowest BCUT2D eigenvalue weighted by Gasteiger charge is -2.22. The number of rotatable bonds is 2. The Labute approximate surface area is 98.5 Å². The molecule has 0 spiro atoms. The molecule has 0 bridgehead atoms. The van der Waals surface area contributed by atoms with E-state index in [9.17, 15) is 9.59 Å². The molecule has 0 saturated carbocycles. The van der Waals surface area contributed by atoms with Crippen LogP contribution in [0.5, 0.6) is 0 Å². The number of hydrogen-bond acceptors (Lipinski definition) is 3. The third-order valence-electron chi connectivity index (χ3n) is 2.72. The van der Waals surface area contributed by atoms with E-state index in [2.05, 4.69) is 5.32 Å². The summed E-state index contributed by atoms with van der Waals surface area (Å²) in [6.45, 7) is 0. The zero-order valence-electron chi connectivity index (χ0n) is 9.14. The van der Waals surface area contributed by atoms with Crippen molar-refractivity contribution in [2.24, 2.45) is 17.4 Å². The lowest BCUT2D eigenvalue weighted by Crippen LogP contribution is -2.30. The van der Waals surface area contributed by atoms with Gasteiger partial charge in [-0.05, 0) is 24.1 Å². The van der Waals surface area contributed by atoms with Gasteiger partial charge in [-0.15, -0.1) is 0 Å². The van der Waals surface area contributed by atoms with E-state index < -0.39 is 11.8 Å². The van der Waals surface area contributed by atoms with E-state index in [-0.39, 0.29) is 11.6 Å². The summed E-state index contributed by atoms with van der Waals surface area (Å²) in [6.07, 6.45) is 1.93. The van der Waals surface area contributed by atoms with Gasteiger partial charge in [-0.2, -0.15) is 0 Å². The number of hydrogen-bond donors (Lipinski definition) is 3. The van der Waals surface area contributed by atoms with Crippen LogP contribution < -0.4 is 16.8 Å². The SMILES string of the molecule is NC(=O)/C(N)=C/[C@@H]1Cc2ccccc2NC1=O. The van der Waals surface area contributed by atoms with Gasteiger partial charge >= 0.3 is 0 Å². The molecule has 0 saturated heterocycles. The highest BCUT2D eigenvalue weighted by molar-refractivity contribution is 5.98. The van der Waals surface area contributed by atoms with Crippen LogP contribution in [0.4, 0.5) is 5.69 Å². The molecule has 1 aromatic carbocycles. The average molecular weight is 231 g/mol. The van der Waals surface area contributed by atoms with E-state index in [1.165, 1.54) is 6.08 Å². The molecule has 0 aromatic heterocycles. The van der Waals surface area contributed by atoms with Gasteiger partial charge in [-0.25, -0.2) is 0 Å². The molecule has 88 valence electrons. The summed E-state index contributed by atoms with van der Waals surface area (Å²) >= 11 is 0. The van der Waals surface area contributed by atoms with Gasteiger partial charge in [0, 0.05) is 5.69 Å². The van der Waals surface area contributed by atoms with Crippen molar-refractivity contribution >= 4 is 17.5 Å². The van der Waals surface area contributed by atoms with Crippen LogP contribution in [0.1, 0.15) is 5.56 Å². The molecule has 1 aromatic rings. The van der Waals surface area contributed by atoms with E-state index in [1.807, 2.05) is 24.3 Å². The van der Waals surface area contributed by atoms with Crippen molar-refractivity contribution in [3.05, 3.63) is 41.6 Å². The first-order chi connectivity index (χ1) is 8.08. The number of amides is 2. The number of nitrogens with two attached hydrogens (primary N) is 2. The second-order valence-electron chi connectivity index (χ2n) is 3.94. The summed E-state index contributed by atoms with van der Waals surface area (Å²) in [4.78, 5) is 22.6. The molecule has 5 nitrogen and oxygen atoms in total. The van der Waals surface area contributed by atoms with Crippen molar-refractivity contribution < 1.29 is 9.59 Å². The van der Waals surface area contributed by atoms with Gasteiger partial charge in [0.05, 0.1) is 11.6 Å². The summed E-state index contributed by atoms with van der Waals surface area (Å²) in [5.41, 5.74) is 12.2. The van der Waals surface area contributed by atoms with Gasteiger partial charge < -0.3 is 16.8 Å². The third-order valence-corrected chi connectivity index (χ3v) is 2.72. The molecule has 1 heterocycles. The Balaban J connectivity index is 2.27. The van der Waals surface area contributed by atoms with E-state index in [1.54, 1.807) is 0 Å². The smallest absolute Gasteiger partial charge is 0.264 e. The molecule has 0 fully saturated rings. The normalized spacial score (nSPS) is 19.4. The van der Waals surface area contributed by atoms with Crippen LogP contribution in [0.3, 0.4) is 0 Å². The Morgan fingerprint density at radius 3 is 2.76 bits per heavy atom. The van der Waals surface area contributed by atoms with E-state index in [0.717, 1.165) is 11.3 Å². The van der Waals surface area contributed by atoms with Crippen molar-refractivity contribution in [3.8, 4) is 0 Å². The number of para-hydroxylation sites is 1. The second kappa shape index (κ2) is 4.29. The standard InChI is InChI=1S/C12H13N3O2/c13-9(11(14)16)6-8-5-7-3-1-2-4-10(7)15-12(8)17/h1-4,6,8H,5,13H2,(H2,14,16)(H,15,17)/b9-6-/t8-/m0/s1. The molecule has 5 N–H and O–H groups in total. The van der Waals surface area contributed by atoms with E-state index in [4.69, 9.17) is 11.5 Å². The molecule has 0 unspecified atom stereocenters. The predicted octanol–water partition coefficient (Wildman–Crippen LogP) is 0.125. The molecule has 5 heteroatoms. The van der Waals surface area contributed by atoms with Gasteiger partial charge in [0.1, 0.15) is 0 Å². The van der Waals surface area contributed by atoms with Crippen LogP contribution >= 0.6 is 0 Å². The number of nitrogens with one attached hydrogen (secondary N) is 1. The molecule has 0 radical (unpaired) electrons. The fourth-order valence-electron chi connectivity index (χ4n) is 1.81. The molecule has 2 amide bonds. The van der Waals surface area contributed by atoms with Crippen molar-refractivity contribution in [1.29, 1.82) is 0 Å². The number of benzene rings is 1. The molecular weight excluding hydrogens is 218 g/mol. The summed E-state index contributed by atoms with van der Waals surface area (Å²) in [6, 6.07) is 7.52. The maximum Gasteiger partial charge on any atom is 0.264 e. The maximum absolute atomic E-state index is 11.8. The number of anilines is 1. The Morgan fingerprint density at radius 2 is 2.06 bits per heavy atom. The highest BCUT2D eigenvalue weighted by atomic mass is 16.2. The van der Waals surface area contributed by atoms with Gasteiger partial charge in [0.2, 0.25) is 5.91 Å². The first-order valence-corrected chi connectivity index (χ1v) is 5.24. The largest absolute Gasteiger partial charge is 0.395 e. The fourth-order valence-corrected chi connectivity index (χ4v) is 1.81. The molecule has 1 atom stereocenters.